The normalized spacial score (nSPS) is 36.8. The molecule has 0 N–H and O–H groups in total. The molecule has 0 bridgehead atoms. The Kier molecular flexibility index (Phi) is 3.32. The van der Waals surface area contributed by atoms with E-state index in [0.29, 0.717) is 0 Å². The molecule has 3 aliphatic rings. The van der Waals surface area contributed by atoms with Gasteiger partial charge in [-0.15, -0.1) is 4.67 Å². The van der Waals surface area contributed by atoms with Crippen LogP contribution in [0.1, 0.15) is 47.5 Å². The molecule has 3 heterocycles. The summed E-state index contributed by atoms with van der Waals surface area (Å²) in [5.41, 5.74) is 0. The fourth-order valence-corrected chi connectivity index (χ4v) is 9.41. The van der Waals surface area contributed by atoms with E-state index in [-0.39, 0.29) is 0 Å². The summed E-state index contributed by atoms with van der Waals surface area (Å²) >= 11 is 0. The Hall–Kier alpha value is -0.300. The summed E-state index contributed by atoms with van der Waals surface area (Å²) in [5, 5.41) is 0. The van der Waals surface area contributed by atoms with Crippen molar-refractivity contribution in [2.45, 2.75) is 65.3 Å². The van der Waals surface area contributed by atoms with E-state index in [1.165, 1.54) is 38.3 Å². The Morgan fingerprint density at radius 2 is 1.63 bits per heavy atom. The van der Waals surface area contributed by atoms with Gasteiger partial charge in [0.2, 0.25) is 5.78 Å². The minimum absolute atomic E-state index is 0.731. The van der Waals surface area contributed by atoms with Gasteiger partial charge in [0.05, 0.1) is 31.5 Å². The van der Waals surface area contributed by atoms with Crippen molar-refractivity contribution in [1.29, 1.82) is 0 Å². The summed E-state index contributed by atoms with van der Waals surface area (Å²) in [6.45, 7) is 14.8. The number of guanidine groups is 1. The molecule has 0 amide bonds. The first kappa shape index (κ1) is 13.7. The Balaban J connectivity index is 2.15. The Morgan fingerprint density at radius 1 is 1.05 bits per heavy atom. The standard InChI is InChI=1S/C15H30N3P/c1-6-19(7-2)14(5)17-12(3)8-10-16-11-9-13(4)18(19)15(16)17/h12-14H,6-11H2,1-5H3/q+2/t12-,13-,14+/m0/s1. The van der Waals surface area contributed by atoms with Crippen LogP contribution in [0.2, 0.25) is 0 Å². The van der Waals surface area contributed by atoms with E-state index in [2.05, 4.69) is 48.8 Å². The monoisotopic (exact) mass is 283 g/mol. The number of hydrogen-bond acceptors (Lipinski definition) is 2. The van der Waals surface area contributed by atoms with E-state index < -0.39 is 7.41 Å². The molecule has 3 atom stereocenters. The van der Waals surface area contributed by atoms with E-state index in [1.807, 2.05) is 0 Å². The molecule has 19 heavy (non-hydrogen) atoms. The molecule has 0 unspecified atom stereocenters. The molecule has 0 aliphatic carbocycles. The highest BCUT2D eigenvalue weighted by Crippen LogP contribution is 2.72. The maximum Gasteiger partial charge on any atom is 0.389 e. The number of nitrogens with zero attached hydrogens (tertiary/aromatic N) is 3. The molecule has 0 aromatic heterocycles. The molecule has 1 saturated heterocycles. The van der Waals surface area contributed by atoms with E-state index in [1.54, 1.807) is 5.96 Å². The van der Waals surface area contributed by atoms with Crippen molar-refractivity contribution < 1.29 is 4.58 Å². The summed E-state index contributed by atoms with van der Waals surface area (Å²) in [7, 11) is -1.01. The molecule has 0 radical (unpaired) electrons. The highest BCUT2D eigenvalue weighted by molar-refractivity contribution is 7.75. The largest absolute Gasteiger partial charge is 0.389 e. The third kappa shape index (κ3) is 1.63. The Labute approximate surface area is 119 Å². The van der Waals surface area contributed by atoms with Crippen LogP contribution in [0.5, 0.6) is 0 Å². The minimum atomic E-state index is -1.01. The molecule has 3 aliphatic heterocycles. The first-order valence-corrected chi connectivity index (χ1v) is 10.3. The Morgan fingerprint density at radius 3 is 2.21 bits per heavy atom. The van der Waals surface area contributed by atoms with Gasteiger partial charge < -0.3 is 0 Å². The van der Waals surface area contributed by atoms with Gasteiger partial charge in [-0.2, -0.15) is 0 Å². The summed E-state index contributed by atoms with van der Waals surface area (Å²) < 4.78 is 5.60. The van der Waals surface area contributed by atoms with Crippen LogP contribution < -0.4 is 0 Å². The molecule has 108 valence electrons. The molecule has 3 nitrogen and oxygen atoms in total. The maximum atomic E-state index is 2.91. The minimum Gasteiger partial charge on any atom is -0.262 e. The third-order valence-corrected chi connectivity index (χ3v) is 11.1. The lowest BCUT2D eigenvalue weighted by molar-refractivity contribution is -0.550. The van der Waals surface area contributed by atoms with E-state index in [9.17, 15) is 0 Å². The lowest BCUT2D eigenvalue weighted by Gasteiger charge is -2.34. The zero-order valence-electron chi connectivity index (χ0n) is 13.3. The molecule has 0 aromatic carbocycles. The van der Waals surface area contributed by atoms with E-state index in [4.69, 9.17) is 0 Å². The summed E-state index contributed by atoms with van der Waals surface area (Å²) in [5.74, 6) is 2.37. The molecule has 0 spiro atoms. The zero-order chi connectivity index (χ0) is 13.8. The SMILES string of the molecule is CC[P+]1(CC)[C@H](C)N2C3=[N+](CC[C@@H]2C)CC[C@H](C)N31. The molecule has 0 saturated carbocycles. The lowest BCUT2D eigenvalue weighted by Crippen LogP contribution is -2.56. The van der Waals surface area contributed by atoms with Crippen LogP contribution in [-0.4, -0.2) is 63.4 Å². The zero-order valence-corrected chi connectivity index (χ0v) is 14.2. The average molecular weight is 283 g/mol. The maximum absolute atomic E-state index is 2.91. The highest BCUT2D eigenvalue weighted by Gasteiger charge is 2.69. The molecule has 1 fully saturated rings. The Bertz CT molecular complexity index is 398. The molecule has 3 rings (SSSR count). The summed E-state index contributed by atoms with van der Waals surface area (Å²) in [6.07, 6.45) is 5.43. The van der Waals surface area contributed by atoms with E-state index in [0.717, 1.165) is 17.9 Å². The second-order valence-corrected chi connectivity index (χ2v) is 11.0. The van der Waals surface area contributed by atoms with Gasteiger partial charge in [-0.3, -0.25) is 4.58 Å². The molecular formula is C15H30N3P+2. The van der Waals surface area contributed by atoms with Gasteiger partial charge in [-0.25, -0.2) is 4.90 Å². The molecule has 4 heteroatoms. The van der Waals surface area contributed by atoms with Gasteiger partial charge >= 0.3 is 5.96 Å². The van der Waals surface area contributed by atoms with Gasteiger partial charge in [0.15, 0.2) is 7.41 Å². The van der Waals surface area contributed by atoms with Crippen molar-refractivity contribution >= 4 is 13.4 Å². The van der Waals surface area contributed by atoms with Crippen LogP contribution in [0.3, 0.4) is 0 Å². The van der Waals surface area contributed by atoms with Crippen LogP contribution in [0.15, 0.2) is 0 Å². The first-order chi connectivity index (χ1) is 9.06. The quantitative estimate of drug-likeness (QED) is 0.569. The fraction of sp³-hybridized carbons (Fsp3) is 0.933. The second-order valence-electron chi connectivity index (χ2n) is 6.57. The first-order valence-electron chi connectivity index (χ1n) is 8.13. The van der Waals surface area contributed by atoms with Crippen LogP contribution in [0.25, 0.3) is 0 Å². The molecule has 0 aromatic rings. The lowest BCUT2D eigenvalue weighted by atomic mass is 10.1. The highest BCUT2D eigenvalue weighted by atomic mass is 31.2. The van der Waals surface area contributed by atoms with Gasteiger partial charge in [0.25, 0.3) is 0 Å². The second kappa shape index (κ2) is 4.62. The predicted octanol–water partition coefficient (Wildman–Crippen LogP) is 2.88. The van der Waals surface area contributed by atoms with Gasteiger partial charge in [-0.05, 0) is 27.7 Å². The number of hydrogen-bond donors (Lipinski definition) is 0. The number of rotatable bonds is 2. The topological polar surface area (TPSA) is 9.49 Å². The van der Waals surface area contributed by atoms with E-state index >= 15 is 0 Å². The van der Waals surface area contributed by atoms with Crippen molar-refractivity contribution in [3.63, 3.8) is 0 Å². The van der Waals surface area contributed by atoms with Gasteiger partial charge in [-0.1, -0.05) is 0 Å². The van der Waals surface area contributed by atoms with Crippen LogP contribution in [-0.2, 0) is 0 Å². The third-order valence-electron chi connectivity index (χ3n) is 5.87. The summed E-state index contributed by atoms with van der Waals surface area (Å²) in [6, 6.07) is 1.48. The van der Waals surface area contributed by atoms with Crippen molar-refractivity contribution in [2.75, 3.05) is 25.4 Å². The van der Waals surface area contributed by atoms with Crippen molar-refractivity contribution in [3.8, 4) is 0 Å². The van der Waals surface area contributed by atoms with Crippen LogP contribution in [0.4, 0.5) is 0 Å². The van der Waals surface area contributed by atoms with Crippen LogP contribution >= 0.6 is 7.41 Å². The average Bonchev–Trinajstić information content (AvgIpc) is 2.69. The summed E-state index contributed by atoms with van der Waals surface area (Å²) in [4.78, 5) is 2.79. The predicted molar refractivity (Wildman–Crippen MR) is 84.3 cm³/mol. The van der Waals surface area contributed by atoms with Crippen molar-refractivity contribution in [2.24, 2.45) is 0 Å². The van der Waals surface area contributed by atoms with Gasteiger partial charge in [0, 0.05) is 19.8 Å². The van der Waals surface area contributed by atoms with Crippen molar-refractivity contribution in [1.82, 2.24) is 9.57 Å². The van der Waals surface area contributed by atoms with Crippen molar-refractivity contribution in [3.05, 3.63) is 0 Å². The van der Waals surface area contributed by atoms with Gasteiger partial charge in [0.1, 0.15) is 6.04 Å². The smallest absolute Gasteiger partial charge is 0.262 e. The fourth-order valence-electron chi connectivity index (χ4n) is 4.65. The van der Waals surface area contributed by atoms with Crippen LogP contribution in [0, 0.1) is 0 Å². The molecular weight excluding hydrogens is 253 g/mol.